The van der Waals surface area contributed by atoms with E-state index in [-0.39, 0.29) is 47.1 Å². The van der Waals surface area contributed by atoms with Gasteiger partial charge in [0.15, 0.2) is 33.2 Å². The molecule has 0 heterocycles. The molecule has 0 saturated carbocycles. The second kappa shape index (κ2) is 53.6. The van der Waals surface area contributed by atoms with Crippen molar-refractivity contribution in [2.24, 2.45) is 0 Å². The summed E-state index contributed by atoms with van der Waals surface area (Å²) in [7, 11) is -6.89. The van der Waals surface area contributed by atoms with E-state index >= 15 is 0 Å². The molecule has 3 atom stereocenters. The molecule has 4 aromatic carbocycles. The van der Waals surface area contributed by atoms with Gasteiger partial charge < -0.3 is 42.8 Å². The lowest BCUT2D eigenvalue weighted by molar-refractivity contribution is -0.531. The van der Waals surface area contributed by atoms with Crippen LogP contribution in [0, 0.1) is 0 Å². The summed E-state index contributed by atoms with van der Waals surface area (Å²) < 4.78 is 796. The van der Waals surface area contributed by atoms with E-state index in [1.54, 1.807) is 35.1 Å². The average molecular weight is 2290 g/mol. The number of hydrogen-bond donors (Lipinski definition) is 0. The Bertz CT molecular complexity index is 4970. The Balaban J connectivity index is -0.000000388. The predicted molar refractivity (Wildman–Crippen MR) is 363 cm³/mol. The molecule has 4 aromatic rings. The molecule has 0 radical (unpaired) electrons. The zero-order chi connectivity index (χ0) is 115. The van der Waals surface area contributed by atoms with Gasteiger partial charge in [0.25, 0.3) is 0 Å². The molecule has 840 valence electrons. The maximum absolute atomic E-state index is 13.4. The zero-order valence-electron chi connectivity index (χ0n) is 67.0. The highest BCUT2D eigenvalue weighted by Crippen LogP contribution is 2.58. The minimum absolute atomic E-state index is 0. The molecule has 0 aliphatic rings. The molecule has 0 saturated heterocycles. The highest BCUT2D eigenvalue weighted by molar-refractivity contribution is 7.96. The molecule has 76 heteroatoms. The number of halogens is 63. The monoisotopic (exact) mass is 2290 g/mol. The lowest BCUT2D eigenvalue weighted by atomic mass is 10.2. The van der Waals surface area contributed by atoms with Gasteiger partial charge in [-0.2, -0.15) is 241 Å². The minimum atomic E-state index is -7.61. The Morgan fingerprint density at radius 2 is 0.531 bits per heavy atom. The van der Waals surface area contributed by atoms with Crippen LogP contribution < -0.4 is 14.4 Å². The molecule has 3 unspecified atom stereocenters. The molecular weight excluding hydrogens is 2250 g/mol. The van der Waals surface area contributed by atoms with E-state index in [0.29, 0.717) is 13.8 Å². The number of anilines is 3. The Morgan fingerprint density at radius 3 is 0.766 bits per heavy atom. The third-order valence-electron chi connectivity index (χ3n) is 12.6. The van der Waals surface area contributed by atoms with Crippen molar-refractivity contribution in [3.8, 4) is 11.5 Å². The summed E-state index contributed by atoms with van der Waals surface area (Å²) in [6, 6.07) is 9.74. The van der Waals surface area contributed by atoms with Crippen molar-refractivity contribution >= 4 is 38.9 Å². The van der Waals surface area contributed by atoms with Crippen LogP contribution in [0.5, 0.6) is 11.5 Å². The fourth-order valence-electron chi connectivity index (χ4n) is 6.13. The second-order valence-corrected chi connectivity index (χ2v) is 25.3. The number of rotatable bonds is 30. The van der Waals surface area contributed by atoms with Crippen molar-refractivity contribution in [2.75, 3.05) is 4.90 Å². The molecular formula is C69H46F63NO11S. The average Bonchev–Trinajstić information content (AvgIpc) is 0.732. The Hall–Kier alpha value is -11.7. The van der Waals surface area contributed by atoms with Crippen LogP contribution in [-0.2, 0) is 47.8 Å². The quantitative estimate of drug-likeness (QED) is 0.0214. The number of benzene rings is 4. The largest absolute Gasteiger partial charge is 0.574 e. The first-order valence-electron chi connectivity index (χ1n) is 32.7. The van der Waals surface area contributed by atoms with Crippen LogP contribution in [0.2, 0.25) is 0 Å². The van der Waals surface area contributed by atoms with Crippen LogP contribution in [0.1, 0.15) is 55.0 Å². The highest BCUT2D eigenvalue weighted by Gasteiger charge is 2.86. The smallest absolute Gasteiger partial charge is 0.428 e. The molecule has 0 aliphatic carbocycles. The highest BCUT2D eigenvalue weighted by atomic mass is 32.2. The third kappa shape index (κ3) is 43.1. The summed E-state index contributed by atoms with van der Waals surface area (Å²) in [4.78, 5) is 1.99. The molecule has 4 rings (SSSR count). The molecule has 0 amide bonds. The molecule has 0 spiro atoms. The van der Waals surface area contributed by atoms with Gasteiger partial charge in [-0.15, -0.1) is 17.1 Å². The molecule has 12 nitrogen and oxygen atoms in total. The maximum atomic E-state index is 13.4. The van der Waals surface area contributed by atoms with E-state index in [1.165, 1.54) is 34.9 Å². The Labute approximate surface area is 763 Å². The van der Waals surface area contributed by atoms with Crippen molar-refractivity contribution < 1.29 is 328 Å². The van der Waals surface area contributed by atoms with Crippen LogP contribution in [0.15, 0.2) is 212 Å². The number of ether oxygens (including phenoxy) is 10. The molecule has 0 fully saturated rings. The minimum Gasteiger partial charge on any atom is -0.428 e. The Morgan fingerprint density at radius 1 is 0.290 bits per heavy atom. The van der Waals surface area contributed by atoms with E-state index in [0.717, 1.165) is 22.6 Å². The predicted octanol–water partition coefficient (Wildman–Crippen LogP) is 35.2. The van der Waals surface area contributed by atoms with E-state index in [9.17, 15) is 280 Å². The van der Waals surface area contributed by atoms with Crippen molar-refractivity contribution in [3.63, 3.8) is 0 Å². The molecule has 0 aromatic heterocycles. The number of allylic oxidation sites excluding steroid dienone is 4. The summed E-state index contributed by atoms with van der Waals surface area (Å²) >= 11 is 0. The van der Waals surface area contributed by atoms with Crippen LogP contribution in [-0.4, -0.2) is 125 Å². The lowest BCUT2D eigenvalue weighted by Gasteiger charge is -2.37. The summed E-state index contributed by atoms with van der Waals surface area (Å²) in [6.07, 6.45) is -97.2. The number of nitrogens with zero attached hydrogens (tertiary/aromatic N) is 1. The molecule has 0 aliphatic heterocycles. The number of alkyl halides is 42. The molecule has 0 N–H and O–H groups in total. The van der Waals surface area contributed by atoms with E-state index in [1.807, 2.05) is 70.3 Å². The van der Waals surface area contributed by atoms with Gasteiger partial charge >= 0.3 is 187 Å². The summed E-state index contributed by atoms with van der Waals surface area (Å²) in [5, 5.41) is -6.93. The fraction of sp³-hybridized carbons (Fsp3) is 0.377. The van der Waals surface area contributed by atoms with E-state index in [2.05, 4.69) is 39.7 Å². The van der Waals surface area contributed by atoms with Crippen LogP contribution >= 0.6 is 0 Å². The molecule has 145 heavy (non-hydrogen) atoms. The van der Waals surface area contributed by atoms with Crippen LogP contribution in [0.4, 0.5) is 293 Å². The van der Waals surface area contributed by atoms with Gasteiger partial charge in [0, 0.05) is 24.0 Å². The van der Waals surface area contributed by atoms with Gasteiger partial charge in [-0.3, -0.25) is 9.47 Å². The topological polar surface area (TPSA) is 113 Å². The fourth-order valence-corrected chi connectivity index (χ4v) is 6.53. The van der Waals surface area contributed by atoms with Crippen LogP contribution in [0.25, 0.3) is 6.08 Å². The van der Waals surface area contributed by atoms with E-state index in [4.69, 9.17) is 0 Å². The zero-order valence-corrected chi connectivity index (χ0v) is 67.9. The maximum Gasteiger partial charge on any atom is 0.574 e. The van der Waals surface area contributed by atoms with Gasteiger partial charge in [-0.05, 0) is 99.8 Å². The summed E-state index contributed by atoms with van der Waals surface area (Å²) in [5.41, 5.74) is 3.45. The normalized spacial score (nSPS) is 14.6. The first-order chi connectivity index (χ1) is 63.2. The number of para-hydroxylation sites is 2. The van der Waals surface area contributed by atoms with Gasteiger partial charge in [0.2, 0.25) is 0 Å². The van der Waals surface area contributed by atoms with Gasteiger partial charge in [-0.1, -0.05) is 76.0 Å². The standard InChI is InChI=1S/C20H14F3NO.C10H7F3O.C9H3F15O2.C8H2F14O3S.C6H3F9O.2C5H3F7O.C4H3F5O.2CH4/c21-19(22)20(23)25-18-13-11-17(12-14-18)24(15-7-3-1-4-8-15)16-9-5-2-6-10-16;1-2-7-3-5-8(6-4-7)14-10(13)9(11)12;1-2(10)3(11)25-9(23,24)5(14,7(18,19)20)26-8(21,22)4(12,13)6(15,16)17;1-26(22,23)8(20,21)7(18,19)25-4(12,5(13,14)15)6(16,17)24-3(11)2(9)10;1-2(7)3(8)16-6(14,15)4(9,10)5(11,12)13;1-4(9,10)5(11,12)13-3(8)2(6)7;1-2(6)3(7)13-5(11,12)4(8,9)10;1-2(5)3(6)10-4(7,8)9;;/h1-14H;2-6H,1H2;1H3;1H2;1H3;2*1H3;1H3;2*1H4/b;;3-2-;;3-2-;;2*3-2-;;. The van der Waals surface area contributed by atoms with Crippen molar-refractivity contribution in [3.05, 3.63) is 217 Å². The van der Waals surface area contributed by atoms with Gasteiger partial charge in [0.1, 0.15) is 11.5 Å². The van der Waals surface area contributed by atoms with Gasteiger partial charge in [-0.25, -0.2) is 21.8 Å². The number of hydrogen-bond acceptors (Lipinski definition) is 12. The Kier molecular flexibility index (Phi) is 53.2. The van der Waals surface area contributed by atoms with Crippen LogP contribution in [0.3, 0.4) is 0 Å². The lowest BCUT2D eigenvalue weighted by Crippen LogP contribution is -2.65. The molecule has 0 bridgehead atoms. The summed E-state index contributed by atoms with van der Waals surface area (Å²) in [6.45, 7) is 4.15. The first-order valence-corrected chi connectivity index (χ1v) is 34.3. The summed E-state index contributed by atoms with van der Waals surface area (Å²) in [5.74, 6) is -40.8. The second-order valence-electron chi connectivity index (χ2n) is 23.6. The van der Waals surface area contributed by atoms with Crippen molar-refractivity contribution in [1.82, 2.24) is 0 Å². The van der Waals surface area contributed by atoms with Crippen molar-refractivity contribution in [1.29, 1.82) is 0 Å². The third-order valence-corrected chi connectivity index (χ3v) is 13.7. The van der Waals surface area contributed by atoms with Gasteiger partial charge in [0.05, 0.1) is 0 Å². The first kappa shape index (κ1) is 144. The van der Waals surface area contributed by atoms with E-state index < -0.39 is 220 Å². The van der Waals surface area contributed by atoms with Crippen molar-refractivity contribution in [2.45, 2.75) is 164 Å². The SMILES string of the molecule is C.C.C/C(F)=C(\F)OC(F)(F)C(F)(F)C(F)(F)F.C/C(F)=C(\F)OC(F)(F)C(F)(F)F.C/C(F)=C(\F)OC(F)(F)C(F)(OC(F)(F)C(F)(F)C(F)(F)F)C(F)(F)F.C/C(F)=C(\F)OC(F)(F)F.C=Cc1ccc(OC(F)=C(F)F)cc1.C=S(=O)(F)C(F)(F)C(F)(F)OC(F)(C(F)(F)F)C(F)(F)OC(F)=C(F)F.CC(F)(F)C(F)(F)OC(F)=C(F)F.FC(F)=C(F)Oc1ccc(N(c2ccccc2)c2ccccc2)cc1.